The summed E-state index contributed by atoms with van der Waals surface area (Å²) >= 11 is 0. The molecule has 3 aliphatic heterocycles. The van der Waals surface area contributed by atoms with E-state index in [0.717, 1.165) is 30.9 Å². The highest BCUT2D eigenvalue weighted by molar-refractivity contribution is 5.82. The zero-order valence-corrected chi connectivity index (χ0v) is 12.6. The third-order valence-corrected chi connectivity index (χ3v) is 5.07. The molecule has 4 nitrogen and oxygen atoms in total. The third-order valence-electron chi connectivity index (χ3n) is 5.07. The quantitative estimate of drug-likeness (QED) is 0.882. The molecule has 112 valence electrons. The highest BCUT2D eigenvalue weighted by Gasteiger charge is 2.47. The van der Waals surface area contributed by atoms with Gasteiger partial charge in [-0.2, -0.15) is 0 Å². The molecule has 21 heavy (non-hydrogen) atoms. The van der Waals surface area contributed by atoms with E-state index in [-0.39, 0.29) is 0 Å². The van der Waals surface area contributed by atoms with Crippen LogP contribution >= 0.6 is 0 Å². The van der Waals surface area contributed by atoms with E-state index >= 15 is 0 Å². The molecule has 0 aromatic heterocycles. The number of piperidine rings is 2. The van der Waals surface area contributed by atoms with Crippen molar-refractivity contribution in [2.75, 3.05) is 19.6 Å². The number of rotatable bonds is 3. The van der Waals surface area contributed by atoms with Crippen molar-refractivity contribution in [3.05, 3.63) is 35.9 Å². The summed E-state index contributed by atoms with van der Waals surface area (Å²) in [6.45, 7) is 6.61. The minimum Gasteiger partial charge on any atom is -0.353 e. The van der Waals surface area contributed by atoms with Gasteiger partial charge in [0.2, 0.25) is 0 Å². The van der Waals surface area contributed by atoms with E-state index in [2.05, 4.69) is 57.8 Å². The second-order valence-electron chi connectivity index (χ2n) is 6.84. The monoisotopic (exact) mass is 284 g/mol. The van der Waals surface area contributed by atoms with Crippen LogP contribution in [0.2, 0.25) is 0 Å². The van der Waals surface area contributed by atoms with Crippen LogP contribution in [0.5, 0.6) is 0 Å². The Balaban J connectivity index is 1.32. The number of hydrogen-bond acceptors (Lipinski definition) is 4. The van der Waals surface area contributed by atoms with E-state index in [1.165, 1.54) is 25.1 Å². The smallest absolute Gasteiger partial charge is 0.191 e. The zero-order chi connectivity index (χ0) is 14.2. The van der Waals surface area contributed by atoms with Crippen molar-refractivity contribution in [2.24, 2.45) is 16.8 Å². The molecule has 5 rings (SSSR count). The predicted octanol–water partition coefficient (Wildman–Crippen LogP) is 1.44. The zero-order valence-electron chi connectivity index (χ0n) is 12.6. The maximum Gasteiger partial charge on any atom is 0.191 e. The van der Waals surface area contributed by atoms with Crippen molar-refractivity contribution in [1.82, 2.24) is 15.5 Å². The second-order valence-corrected chi connectivity index (χ2v) is 6.84. The summed E-state index contributed by atoms with van der Waals surface area (Å²) < 4.78 is 0. The standard InChI is InChI=1S/C17H24N4/c1-12-8-18-17(19-12)20-16-14-7-15(16)11-21(10-14)9-13-5-3-2-4-6-13/h2-6,12,14-16H,7-11H2,1H3,(H2,18,19,20). The van der Waals surface area contributed by atoms with Gasteiger partial charge in [0.1, 0.15) is 0 Å². The highest BCUT2D eigenvalue weighted by Crippen LogP contribution is 2.40. The largest absolute Gasteiger partial charge is 0.353 e. The molecule has 0 radical (unpaired) electrons. The molecule has 3 atom stereocenters. The maximum absolute atomic E-state index is 4.53. The SMILES string of the molecule is CC1CN=C(NC2C3CC2CN(Cc2ccccc2)C3)N1. The van der Waals surface area contributed by atoms with E-state index in [1.54, 1.807) is 0 Å². The van der Waals surface area contributed by atoms with E-state index in [4.69, 9.17) is 0 Å². The molecule has 0 spiro atoms. The summed E-state index contributed by atoms with van der Waals surface area (Å²) in [7, 11) is 0. The number of aliphatic imine (C=N–C) groups is 1. The Morgan fingerprint density at radius 1 is 1.24 bits per heavy atom. The van der Waals surface area contributed by atoms with Gasteiger partial charge < -0.3 is 10.6 Å². The molecule has 0 amide bonds. The molecule has 3 unspecified atom stereocenters. The van der Waals surface area contributed by atoms with Crippen LogP contribution in [0.15, 0.2) is 35.3 Å². The molecule has 1 saturated carbocycles. The van der Waals surface area contributed by atoms with Gasteiger partial charge >= 0.3 is 0 Å². The number of guanidine groups is 1. The lowest BCUT2D eigenvalue weighted by Crippen LogP contribution is -2.65. The molecular formula is C17H24N4. The van der Waals surface area contributed by atoms with Crippen LogP contribution in [-0.2, 0) is 6.54 Å². The Bertz CT molecular complexity index is 515. The van der Waals surface area contributed by atoms with Crippen LogP contribution < -0.4 is 10.6 Å². The maximum atomic E-state index is 4.53. The molecule has 1 aromatic carbocycles. The van der Waals surface area contributed by atoms with Gasteiger partial charge in [0.05, 0.1) is 6.54 Å². The highest BCUT2D eigenvalue weighted by atomic mass is 15.3. The van der Waals surface area contributed by atoms with Crippen molar-refractivity contribution in [2.45, 2.75) is 32.0 Å². The van der Waals surface area contributed by atoms with Gasteiger partial charge in [0.25, 0.3) is 0 Å². The third kappa shape index (κ3) is 2.64. The minimum atomic E-state index is 0.488. The number of fused-ring (bicyclic) bond motifs is 2. The van der Waals surface area contributed by atoms with E-state index in [9.17, 15) is 0 Å². The summed E-state index contributed by atoms with van der Waals surface area (Å²) in [5.74, 6) is 2.60. The van der Waals surface area contributed by atoms with Gasteiger partial charge in [0.15, 0.2) is 5.96 Å². The molecule has 2 bridgehead atoms. The molecule has 3 fully saturated rings. The van der Waals surface area contributed by atoms with Gasteiger partial charge in [-0.25, -0.2) is 0 Å². The minimum absolute atomic E-state index is 0.488. The number of nitrogens with zero attached hydrogens (tertiary/aromatic N) is 2. The van der Waals surface area contributed by atoms with Crippen molar-refractivity contribution >= 4 is 5.96 Å². The first-order chi connectivity index (χ1) is 10.3. The van der Waals surface area contributed by atoms with Crippen molar-refractivity contribution in [3.8, 4) is 0 Å². The second kappa shape index (κ2) is 5.34. The average molecular weight is 284 g/mol. The molecule has 3 heterocycles. The van der Waals surface area contributed by atoms with Gasteiger partial charge in [-0.05, 0) is 30.7 Å². The lowest BCUT2D eigenvalue weighted by molar-refractivity contribution is -0.0106. The lowest BCUT2D eigenvalue weighted by atomic mass is 9.66. The summed E-state index contributed by atoms with van der Waals surface area (Å²) in [5, 5.41) is 7.06. The van der Waals surface area contributed by atoms with Crippen molar-refractivity contribution < 1.29 is 0 Å². The Kier molecular flexibility index (Phi) is 3.34. The van der Waals surface area contributed by atoms with E-state index < -0.39 is 0 Å². The Labute approximate surface area is 126 Å². The van der Waals surface area contributed by atoms with E-state index in [0.29, 0.717) is 12.1 Å². The molecular weight excluding hydrogens is 260 g/mol. The fourth-order valence-electron chi connectivity index (χ4n) is 3.99. The fourth-order valence-corrected chi connectivity index (χ4v) is 3.99. The normalized spacial score (nSPS) is 34.8. The number of nitrogens with one attached hydrogen (secondary N) is 2. The number of benzene rings is 1. The van der Waals surface area contributed by atoms with Crippen molar-refractivity contribution in [1.29, 1.82) is 0 Å². The lowest BCUT2D eigenvalue weighted by Gasteiger charge is -2.54. The first-order valence-electron chi connectivity index (χ1n) is 8.12. The molecule has 4 aliphatic rings. The van der Waals surface area contributed by atoms with Gasteiger partial charge in [0, 0.05) is 31.7 Å². The Morgan fingerprint density at radius 3 is 2.67 bits per heavy atom. The van der Waals surface area contributed by atoms with Crippen LogP contribution in [-0.4, -0.2) is 42.6 Å². The Hall–Kier alpha value is -1.55. The summed E-state index contributed by atoms with van der Waals surface area (Å²) in [6, 6.07) is 11.9. The topological polar surface area (TPSA) is 39.7 Å². The van der Waals surface area contributed by atoms with Crippen LogP contribution in [0.4, 0.5) is 0 Å². The van der Waals surface area contributed by atoms with Gasteiger partial charge in [-0.3, -0.25) is 9.89 Å². The average Bonchev–Trinajstić information content (AvgIpc) is 2.91. The van der Waals surface area contributed by atoms with Crippen LogP contribution in [0, 0.1) is 11.8 Å². The summed E-state index contributed by atoms with van der Waals surface area (Å²) in [6.07, 6.45) is 1.38. The summed E-state index contributed by atoms with van der Waals surface area (Å²) in [4.78, 5) is 7.14. The van der Waals surface area contributed by atoms with E-state index in [1.807, 2.05) is 0 Å². The van der Waals surface area contributed by atoms with Gasteiger partial charge in [-0.1, -0.05) is 30.3 Å². The van der Waals surface area contributed by atoms with Crippen LogP contribution in [0.1, 0.15) is 18.9 Å². The number of hydrogen-bond donors (Lipinski definition) is 2. The Morgan fingerprint density at radius 2 is 2.00 bits per heavy atom. The molecule has 2 saturated heterocycles. The van der Waals surface area contributed by atoms with Crippen LogP contribution in [0.25, 0.3) is 0 Å². The predicted molar refractivity (Wildman–Crippen MR) is 85.1 cm³/mol. The first kappa shape index (κ1) is 13.1. The molecule has 1 aromatic rings. The molecule has 4 heteroatoms. The van der Waals surface area contributed by atoms with Crippen LogP contribution in [0.3, 0.4) is 0 Å². The molecule has 2 N–H and O–H groups in total. The fraction of sp³-hybridized carbons (Fsp3) is 0.588. The molecule has 1 aliphatic carbocycles. The first-order valence-corrected chi connectivity index (χ1v) is 8.12. The van der Waals surface area contributed by atoms with Crippen molar-refractivity contribution in [3.63, 3.8) is 0 Å². The summed E-state index contributed by atoms with van der Waals surface area (Å²) in [5.41, 5.74) is 1.43. The van der Waals surface area contributed by atoms with Gasteiger partial charge in [-0.15, -0.1) is 0 Å².